The summed E-state index contributed by atoms with van der Waals surface area (Å²) in [5.74, 6) is -3.52. The van der Waals surface area contributed by atoms with Crippen LogP contribution in [-0.4, -0.2) is 113 Å². The zero-order chi connectivity index (χ0) is 46.8. The summed E-state index contributed by atoms with van der Waals surface area (Å²) in [4.78, 5) is 58.0. The number of imide groups is 1. The lowest BCUT2D eigenvalue weighted by molar-refractivity contribution is -0.280. The Bertz CT molecular complexity index is 1950. The first-order valence-electron chi connectivity index (χ1n) is 22.6. The minimum atomic E-state index is -2.89. The third kappa shape index (κ3) is 11.8. The van der Waals surface area contributed by atoms with E-state index in [0.29, 0.717) is 32.3 Å². The van der Waals surface area contributed by atoms with Gasteiger partial charge in [0.25, 0.3) is 8.32 Å². The van der Waals surface area contributed by atoms with Crippen LogP contribution in [0.15, 0.2) is 104 Å². The van der Waals surface area contributed by atoms with Gasteiger partial charge >= 0.3 is 12.2 Å². The monoisotopic (exact) mass is 898 g/mol. The molecule has 2 fully saturated rings. The summed E-state index contributed by atoms with van der Waals surface area (Å²) in [6, 6.07) is 29.6. The van der Waals surface area contributed by atoms with E-state index in [9.17, 15) is 19.2 Å². The number of carbonyl (C=O) groups excluding carboxylic acids is 4. The molecule has 2 amide bonds. The Kier molecular flexibility index (Phi) is 17.7. The Morgan fingerprint density at radius 1 is 0.938 bits per heavy atom. The highest BCUT2D eigenvalue weighted by Gasteiger charge is 2.51. The van der Waals surface area contributed by atoms with Gasteiger partial charge in [0, 0.05) is 12.5 Å². The SMILES string of the molecule is C=CC[C@@H](CC(C)CO[Si](c1ccccc1)(c1ccccc1)C(C)(C)C)[C@H](OC1OC(C)CC(N(C)C)C1OC(=O)OC)[C@@H](C)C(=O)[C@@H](C)C(=O)N1C(=O)OCC1Cc1ccccc1. The number of hydrogen-bond acceptors (Lipinski definition) is 11. The summed E-state index contributed by atoms with van der Waals surface area (Å²) in [6.45, 7) is 18.7. The molecule has 0 spiro atoms. The molecular formula is C51H70N2O10Si. The molecule has 13 heteroatoms. The summed E-state index contributed by atoms with van der Waals surface area (Å²) in [7, 11) is 2.15. The number of hydrogen-bond donors (Lipinski definition) is 0. The number of Topliss-reactive ketones (excluding diaryl/α,β-unsaturated/α-hetero) is 1. The third-order valence-corrected chi connectivity index (χ3v) is 17.8. The fourth-order valence-electron chi connectivity index (χ4n) is 9.56. The van der Waals surface area contributed by atoms with Gasteiger partial charge in [-0.05, 0) is 86.4 Å². The topological polar surface area (TPSA) is 130 Å². The highest BCUT2D eigenvalue weighted by atomic mass is 28.4. The Balaban J connectivity index is 1.49. The van der Waals surface area contributed by atoms with Crippen LogP contribution in [0.2, 0.25) is 5.04 Å². The number of nitrogens with zero attached hydrogens (tertiary/aromatic N) is 2. The fourth-order valence-corrected chi connectivity index (χ4v) is 14.3. The lowest BCUT2D eigenvalue weighted by atomic mass is 9.79. The van der Waals surface area contributed by atoms with Gasteiger partial charge in [-0.15, -0.1) is 6.58 Å². The minimum Gasteiger partial charge on any atom is -0.447 e. The smallest absolute Gasteiger partial charge is 0.447 e. The number of likely N-dealkylation sites (N-methyl/N-ethyl adjacent to an activating group) is 1. The molecule has 64 heavy (non-hydrogen) atoms. The van der Waals surface area contributed by atoms with Crippen LogP contribution in [-0.2, 0) is 44.1 Å². The van der Waals surface area contributed by atoms with Gasteiger partial charge in [-0.3, -0.25) is 9.59 Å². The third-order valence-electron chi connectivity index (χ3n) is 12.8. The highest BCUT2D eigenvalue weighted by molar-refractivity contribution is 6.99. The first-order chi connectivity index (χ1) is 30.4. The second-order valence-electron chi connectivity index (χ2n) is 18.9. The first kappa shape index (κ1) is 50.3. The molecule has 3 aromatic carbocycles. The summed E-state index contributed by atoms with van der Waals surface area (Å²) in [6.07, 6.45) is -1.07. The van der Waals surface area contributed by atoms with Gasteiger partial charge in [-0.2, -0.15) is 0 Å². The molecular weight excluding hydrogens is 829 g/mol. The summed E-state index contributed by atoms with van der Waals surface area (Å²) >= 11 is 0. The second kappa shape index (κ2) is 22.5. The number of methoxy groups -OCH3 is 1. The van der Waals surface area contributed by atoms with E-state index in [-0.39, 0.29) is 35.6 Å². The molecule has 2 saturated heterocycles. The van der Waals surface area contributed by atoms with Gasteiger partial charge in [0.2, 0.25) is 5.91 Å². The molecule has 2 heterocycles. The second-order valence-corrected chi connectivity index (χ2v) is 23.2. The lowest BCUT2D eigenvalue weighted by Gasteiger charge is -2.45. The Hall–Kier alpha value is -4.66. The number of ether oxygens (including phenoxy) is 5. The fraction of sp³-hybridized carbons (Fsp3) is 0.529. The van der Waals surface area contributed by atoms with Crippen molar-refractivity contribution in [3.8, 4) is 0 Å². The van der Waals surface area contributed by atoms with Gasteiger partial charge in [-0.25, -0.2) is 14.5 Å². The van der Waals surface area contributed by atoms with E-state index < -0.39 is 68.6 Å². The predicted molar refractivity (Wildman–Crippen MR) is 250 cm³/mol. The van der Waals surface area contributed by atoms with Crippen LogP contribution in [0.4, 0.5) is 9.59 Å². The minimum absolute atomic E-state index is 0.0305. The predicted octanol–water partition coefficient (Wildman–Crippen LogP) is 7.81. The van der Waals surface area contributed by atoms with Crippen molar-refractivity contribution in [1.29, 1.82) is 0 Å². The molecule has 0 N–H and O–H groups in total. The molecule has 0 aliphatic carbocycles. The van der Waals surface area contributed by atoms with Crippen molar-refractivity contribution in [3.63, 3.8) is 0 Å². The zero-order valence-electron chi connectivity index (χ0n) is 39.4. The van der Waals surface area contributed by atoms with E-state index in [2.05, 4.69) is 82.8 Å². The molecule has 3 aromatic rings. The zero-order valence-corrected chi connectivity index (χ0v) is 40.4. The number of rotatable bonds is 20. The molecule has 2 aliphatic rings. The van der Waals surface area contributed by atoms with Crippen molar-refractivity contribution in [2.45, 2.75) is 116 Å². The van der Waals surface area contributed by atoms with Gasteiger partial charge < -0.3 is 33.0 Å². The van der Waals surface area contributed by atoms with Crippen LogP contribution in [0.5, 0.6) is 0 Å². The van der Waals surface area contributed by atoms with Crippen molar-refractivity contribution in [3.05, 3.63) is 109 Å². The molecule has 10 atom stereocenters. The number of allylic oxidation sites excluding steroid dienone is 1. The van der Waals surface area contributed by atoms with E-state index in [1.807, 2.05) is 74.5 Å². The number of benzene rings is 3. The Labute approximate surface area is 381 Å². The highest BCUT2D eigenvalue weighted by Crippen LogP contribution is 2.39. The first-order valence-corrected chi connectivity index (χ1v) is 24.5. The molecule has 12 nitrogen and oxygen atoms in total. The van der Waals surface area contributed by atoms with E-state index >= 15 is 0 Å². The maximum atomic E-state index is 14.8. The van der Waals surface area contributed by atoms with E-state index in [0.717, 1.165) is 10.5 Å². The van der Waals surface area contributed by atoms with Crippen molar-refractivity contribution in [1.82, 2.24) is 9.80 Å². The van der Waals surface area contributed by atoms with E-state index in [1.165, 1.54) is 24.4 Å². The van der Waals surface area contributed by atoms with Crippen LogP contribution in [0, 0.1) is 23.7 Å². The number of carbonyl (C=O) groups is 4. The van der Waals surface area contributed by atoms with Crippen LogP contribution in [0.1, 0.15) is 73.3 Å². The van der Waals surface area contributed by atoms with Crippen molar-refractivity contribution >= 4 is 42.6 Å². The number of cyclic esters (lactones) is 1. The average molecular weight is 899 g/mol. The van der Waals surface area contributed by atoms with Gasteiger partial charge in [-0.1, -0.05) is 132 Å². The largest absolute Gasteiger partial charge is 0.508 e. The molecule has 2 aliphatic heterocycles. The summed E-state index contributed by atoms with van der Waals surface area (Å²) in [5.41, 5.74) is 0.936. The van der Waals surface area contributed by atoms with E-state index in [4.69, 9.17) is 28.1 Å². The Morgan fingerprint density at radius 3 is 2.05 bits per heavy atom. The van der Waals surface area contributed by atoms with Crippen molar-refractivity contribution < 1.29 is 47.3 Å². The van der Waals surface area contributed by atoms with Crippen LogP contribution >= 0.6 is 0 Å². The van der Waals surface area contributed by atoms with Crippen LogP contribution in [0.3, 0.4) is 0 Å². The normalized spacial score (nSPS) is 22.8. The summed E-state index contributed by atoms with van der Waals surface area (Å²) in [5, 5.41) is 2.11. The van der Waals surface area contributed by atoms with E-state index in [1.54, 1.807) is 6.92 Å². The molecule has 0 aromatic heterocycles. The lowest BCUT2D eigenvalue weighted by Crippen LogP contribution is -2.66. The summed E-state index contributed by atoms with van der Waals surface area (Å²) < 4.78 is 37.0. The molecule has 0 bridgehead atoms. The van der Waals surface area contributed by atoms with Gasteiger partial charge in [0.05, 0.1) is 37.3 Å². The maximum absolute atomic E-state index is 14.8. The van der Waals surface area contributed by atoms with Crippen molar-refractivity contribution in [2.75, 3.05) is 34.4 Å². The molecule has 348 valence electrons. The average Bonchev–Trinajstić information content (AvgIpc) is 3.64. The number of amides is 2. The van der Waals surface area contributed by atoms with Crippen LogP contribution in [0.25, 0.3) is 0 Å². The van der Waals surface area contributed by atoms with Gasteiger partial charge in [0.1, 0.15) is 12.4 Å². The quantitative estimate of drug-likeness (QED) is 0.0477. The van der Waals surface area contributed by atoms with Crippen LogP contribution < -0.4 is 10.4 Å². The maximum Gasteiger partial charge on any atom is 0.508 e. The van der Waals surface area contributed by atoms with Gasteiger partial charge in [0.15, 0.2) is 12.4 Å². The molecule has 6 unspecified atom stereocenters. The molecule has 5 rings (SSSR count). The standard InChI is InChI=1S/C51H70N2O10Si/c1-12-22-39(29-34(2)32-60-64(51(6,7)8,41-25-18-14-19-26-41)42-27-20-15-21-28-42)45(62-48-46(63-50(57)58-11)43(52(9)10)30-35(3)61-48)36(4)44(54)37(5)47(55)53-40(33-59-49(53)56)31-38-23-16-13-17-24-38/h12-21,23-28,34-37,39-40,43,45-46,48H,1,22,29-33H2,2-11H3/t34?,35?,36-,37+,39-,40?,43?,45+,46?,48?/m0/s1. The molecule has 0 saturated carbocycles. The number of ketones is 1. The van der Waals surface area contributed by atoms with Crippen molar-refractivity contribution in [2.24, 2.45) is 23.7 Å². The molecule has 0 radical (unpaired) electrons. The Morgan fingerprint density at radius 2 is 1.52 bits per heavy atom.